The van der Waals surface area contributed by atoms with Crippen LogP contribution in [0.5, 0.6) is 0 Å². The van der Waals surface area contributed by atoms with Crippen molar-refractivity contribution >= 4 is 35.7 Å². The first-order chi connectivity index (χ1) is 20.0. The fraction of sp³-hybridized carbons (Fsp3) is 0.290. The normalized spacial score (nSPS) is 10.5. The highest BCUT2D eigenvalue weighted by Crippen LogP contribution is 2.26. The van der Waals surface area contributed by atoms with E-state index in [1.165, 1.54) is 18.9 Å². The van der Waals surface area contributed by atoms with Crippen LogP contribution in [-0.2, 0) is 10.2 Å². The zero-order valence-corrected chi connectivity index (χ0v) is 25.6. The molecule has 0 spiro atoms. The van der Waals surface area contributed by atoms with E-state index in [2.05, 4.69) is 76.3 Å². The van der Waals surface area contributed by atoms with Crippen molar-refractivity contribution in [2.24, 2.45) is 10.7 Å². The Morgan fingerprint density at radius 3 is 2.00 bits per heavy atom. The second-order valence-electron chi connectivity index (χ2n) is 9.77. The quantitative estimate of drug-likeness (QED) is 0.248. The number of aryl methyl sites for hydroxylation is 2. The van der Waals surface area contributed by atoms with Gasteiger partial charge < -0.3 is 31.4 Å². The molecule has 1 amide bonds. The summed E-state index contributed by atoms with van der Waals surface area (Å²) in [7, 11) is 4.79. The predicted molar refractivity (Wildman–Crippen MR) is 169 cm³/mol. The molecule has 0 aliphatic carbocycles. The summed E-state index contributed by atoms with van der Waals surface area (Å²) >= 11 is 0. The molecule has 4 rings (SSSR count). The van der Waals surface area contributed by atoms with E-state index in [1.54, 1.807) is 26.2 Å². The third-order valence-electron chi connectivity index (χ3n) is 5.75. The highest BCUT2D eigenvalue weighted by atomic mass is 16.5. The summed E-state index contributed by atoms with van der Waals surface area (Å²) in [5.74, 6) is 1.89. The van der Waals surface area contributed by atoms with Crippen molar-refractivity contribution in [2.75, 3.05) is 32.2 Å². The lowest BCUT2D eigenvalue weighted by Crippen LogP contribution is -2.18. The Morgan fingerprint density at radius 2 is 1.52 bits per heavy atom. The van der Waals surface area contributed by atoms with Gasteiger partial charge in [0, 0.05) is 42.4 Å². The number of anilines is 3. The molecule has 0 saturated heterocycles. The molecular formula is C31H42N8O3. The molecule has 0 atom stereocenters. The monoisotopic (exact) mass is 574 g/mol. The number of hydrogen-bond acceptors (Lipinski definition) is 10. The molecule has 0 aliphatic rings. The molecule has 0 radical (unpaired) electrons. The fourth-order valence-electron chi connectivity index (χ4n) is 3.57. The lowest BCUT2D eigenvalue weighted by Gasteiger charge is -2.12. The number of carbonyl (C=O) groups is 2. The molecule has 2 heterocycles. The maximum atomic E-state index is 11.6. The van der Waals surface area contributed by atoms with E-state index in [1.807, 2.05) is 44.0 Å². The SMILES string of the molecule is C=O.CN.CN=C(c1ccc(C(=O)NC)cc1)c1c(C)ncnc1N.Cc1ccc(Nc2cc(C(C)(C)C)on2)cc1. The Labute approximate surface area is 247 Å². The number of aromatic nitrogens is 3. The van der Waals surface area contributed by atoms with Crippen LogP contribution in [0.25, 0.3) is 0 Å². The Bertz CT molecular complexity index is 1400. The Balaban J connectivity index is 0.000000382. The third kappa shape index (κ3) is 9.93. The van der Waals surface area contributed by atoms with Crippen LogP contribution in [0.2, 0.25) is 0 Å². The van der Waals surface area contributed by atoms with Crippen molar-refractivity contribution in [2.45, 2.75) is 40.0 Å². The van der Waals surface area contributed by atoms with Crippen LogP contribution in [0.1, 0.15) is 59.3 Å². The Kier molecular flexibility index (Phi) is 14.2. The van der Waals surface area contributed by atoms with Crippen molar-refractivity contribution < 1.29 is 14.1 Å². The van der Waals surface area contributed by atoms with Crippen molar-refractivity contribution in [3.63, 3.8) is 0 Å². The molecule has 2 aromatic carbocycles. The van der Waals surface area contributed by atoms with E-state index in [4.69, 9.17) is 15.1 Å². The molecule has 42 heavy (non-hydrogen) atoms. The molecule has 0 saturated carbocycles. The largest absolute Gasteiger partial charge is 0.383 e. The second-order valence-corrected chi connectivity index (χ2v) is 9.77. The van der Waals surface area contributed by atoms with Gasteiger partial charge in [-0.3, -0.25) is 9.79 Å². The molecule has 0 aliphatic heterocycles. The Morgan fingerprint density at radius 1 is 0.952 bits per heavy atom. The van der Waals surface area contributed by atoms with E-state index < -0.39 is 0 Å². The summed E-state index contributed by atoms with van der Waals surface area (Å²) in [6.45, 7) is 12.2. The summed E-state index contributed by atoms with van der Waals surface area (Å²) in [5, 5.41) is 9.82. The van der Waals surface area contributed by atoms with Crippen LogP contribution in [0.3, 0.4) is 0 Å². The van der Waals surface area contributed by atoms with Gasteiger partial charge in [-0.1, -0.05) is 55.8 Å². The number of carbonyl (C=O) groups excluding carboxylic acids is 2. The van der Waals surface area contributed by atoms with Gasteiger partial charge in [0.05, 0.1) is 17.0 Å². The van der Waals surface area contributed by atoms with E-state index in [0.29, 0.717) is 22.7 Å². The summed E-state index contributed by atoms with van der Waals surface area (Å²) in [5.41, 5.74) is 16.3. The maximum absolute atomic E-state index is 11.6. The minimum atomic E-state index is -0.129. The highest BCUT2D eigenvalue weighted by Gasteiger charge is 2.19. The summed E-state index contributed by atoms with van der Waals surface area (Å²) in [6.07, 6.45) is 1.43. The zero-order valence-electron chi connectivity index (χ0n) is 25.6. The lowest BCUT2D eigenvalue weighted by atomic mass is 9.93. The van der Waals surface area contributed by atoms with Gasteiger partial charge in [-0.05, 0) is 45.2 Å². The highest BCUT2D eigenvalue weighted by molar-refractivity contribution is 6.16. The van der Waals surface area contributed by atoms with Gasteiger partial charge in [0.25, 0.3) is 5.91 Å². The number of nitrogen functional groups attached to an aromatic ring is 1. The van der Waals surface area contributed by atoms with Crippen molar-refractivity contribution in [3.8, 4) is 0 Å². The van der Waals surface area contributed by atoms with Gasteiger partial charge >= 0.3 is 0 Å². The van der Waals surface area contributed by atoms with Crippen LogP contribution in [0.4, 0.5) is 17.3 Å². The molecule has 11 heteroatoms. The van der Waals surface area contributed by atoms with Gasteiger partial charge in [0.15, 0.2) is 5.82 Å². The average Bonchev–Trinajstić information content (AvgIpc) is 3.48. The molecule has 6 N–H and O–H groups in total. The number of nitrogens with two attached hydrogens (primary N) is 2. The molecule has 0 unspecified atom stereocenters. The molecular weight excluding hydrogens is 532 g/mol. The number of hydrogen-bond donors (Lipinski definition) is 4. The number of aliphatic imine (C=N–C) groups is 1. The Hall–Kier alpha value is -4.90. The minimum Gasteiger partial charge on any atom is -0.383 e. The zero-order chi connectivity index (χ0) is 31.9. The standard InChI is InChI=1S/C15H17N5O.C14H18N2O.CH5N.CH2O/c1-9-12(14(16)20-8-19-9)13(17-2)10-4-6-11(7-5-10)15(21)18-3;1-10-5-7-11(8-6-10)15-13-9-12(17-16-13)14(2,3)4;2*1-2/h4-8H,1-3H3,(H,18,21)(H2,16,19,20);5-9H,1-4H3,(H,15,16);2H2,1H3;1H2. The van der Waals surface area contributed by atoms with Gasteiger partial charge in [-0.15, -0.1) is 0 Å². The van der Waals surface area contributed by atoms with Gasteiger partial charge in [-0.25, -0.2) is 9.97 Å². The number of rotatable bonds is 5. The summed E-state index contributed by atoms with van der Waals surface area (Å²) in [6, 6.07) is 17.3. The maximum Gasteiger partial charge on any atom is 0.251 e. The molecule has 224 valence electrons. The van der Waals surface area contributed by atoms with Crippen molar-refractivity contribution in [1.29, 1.82) is 0 Å². The molecule has 0 fully saturated rings. The average molecular weight is 575 g/mol. The first kappa shape index (κ1) is 35.1. The predicted octanol–water partition coefficient (Wildman–Crippen LogP) is 4.61. The minimum absolute atomic E-state index is 0.0137. The summed E-state index contributed by atoms with van der Waals surface area (Å²) in [4.78, 5) is 32.0. The van der Waals surface area contributed by atoms with Crippen LogP contribution in [-0.4, -0.2) is 54.7 Å². The van der Waals surface area contributed by atoms with E-state index in [9.17, 15) is 4.79 Å². The van der Waals surface area contributed by atoms with Crippen molar-refractivity contribution in [3.05, 3.63) is 94.6 Å². The first-order valence-electron chi connectivity index (χ1n) is 13.1. The van der Waals surface area contributed by atoms with Crippen LogP contribution < -0.4 is 22.1 Å². The van der Waals surface area contributed by atoms with Crippen LogP contribution >= 0.6 is 0 Å². The topological polar surface area (TPSA) is 174 Å². The van der Waals surface area contributed by atoms with E-state index in [0.717, 1.165) is 28.5 Å². The summed E-state index contributed by atoms with van der Waals surface area (Å²) < 4.78 is 5.31. The third-order valence-corrected chi connectivity index (χ3v) is 5.75. The first-order valence-corrected chi connectivity index (χ1v) is 13.1. The fourth-order valence-corrected chi connectivity index (χ4v) is 3.57. The molecule has 2 aromatic heterocycles. The number of nitrogens with one attached hydrogen (secondary N) is 2. The van der Waals surface area contributed by atoms with Crippen LogP contribution in [0.15, 0.2) is 70.4 Å². The van der Waals surface area contributed by atoms with Crippen molar-refractivity contribution in [1.82, 2.24) is 20.4 Å². The molecule has 11 nitrogen and oxygen atoms in total. The number of benzene rings is 2. The number of amides is 1. The molecule has 4 aromatic rings. The van der Waals surface area contributed by atoms with Gasteiger partial charge in [-0.2, -0.15) is 0 Å². The smallest absolute Gasteiger partial charge is 0.251 e. The van der Waals surface area contributed by atoms with E-state index >= 15 is 0 Å². The lowest BCUT2D eigenvalue weighted by molar-refractivity contribution is -0.0980. The second kappa shape index (κ2) is 17.0. The molecule has 0 bridgehead atoms. The van der Waals surface area contributed by atoms with E-state index in [-0.39, 0.29) is 11.3 Å². The number of nitrogens with zero attached hydrogens (tertiary/aromatic N) is 4. The van der Waals surface area contributed by atoms with Gasteiger partial charge in [0.2, 0.25) is 0 Å². The van der Waals surface area contributed by atoms with Gasteiger partial charge in [0.1, 0.15) is 24.7 Å². The van der Waals surface area contributed by atoms with Crippen LogP contribution in [0, 0.1) is 13.8 Å².